The van der Waals surface area contributed by atoms with Crippen molar-refractivity contribution in [2.24, 2.45) is 5.73 Å². The lowest BCUT2D eigenvalue weighted by molar-refractivity contribution is -0.172. The first-order chi connectivity index (χ1) is 14.1. The maximum atomic E-state index is 13.2. The fraction of sp³-hybridized carbons (Fsp3) is 0.474. The van der Waals surface area contributed by atoms with Gasteiger partial charge in [-0.25, -0.2) is 4.98 Å². The number of alkyl halides is 4. The first-order valence-electron chi connectivity index (χ1n) is 9.41. The summed E-state index contributed by atoms with van der Waals surface area (Å²) in [6.07, 6.45) is 2.35. The van der Waals surface area contributed by atoms with Crippen molar-refractivity contribution in [3.63, 3.8) is 0 Å². The lowest BCUT2D eigenvalue weighted by atomic mass is 10.1. The SMILES string of the molecule is N[C@@H](CCCCNC(=O)c1cnc2ccccc2n1)C(=O)N1CC(F)(F)C(F)(F)C1. The number of para-hydroxylation sites is 2. The Hall–Kier alpha value is -2.82. The summed E-state index contributed by atoms with van der Waals surface area (Å²) in [6, 6.07) is 5.96. The van der Waals surface area contributed by atoms with Crippen molar-refractivity contribution in [2.75, 3.05) is 19.6 Å². The smallest absolute Gasteiger partial charge is 0.329 e. The van der Waals surface area contributed by atoms with E-state index in [0.29, 0.717) is 28.8 Å². The van der Waals surface area contributed by atoms with E-state index in [1.807, 2.05) is 6.07 Å². The van der Waals surface area contributed by atoms with Crippen molar-refractivity contribution < 1.29 is 27.2 Å². The number of aromatic nitrogens is 2. The van der Waals surface area contributed by atoms with Crippen LogP contribution in [-0.4, -0.2) is 64.2 Å². The van der Waals surface area contributed by atoms with Gasteiger partial charge in [0.25, 0.3) is 5.91 Å². The Morgan fingerprint density at radius 2 is 1.73 bits per heavy atom. The molecular weight excluding hydrogens is 406 g/mol. The summed E-state index contributed by atoms with van der Waals surface area (Å²) in [5, 5.41) is 2.67. The number of amides is 2. The average molecular weight is 427 g/mol. The first kappa shape index (κ1) is 21.9. The molecule has 11 heteroatoms. The van der Waals surface area contributed by atoms with E-state index < -0.39 is 42.8 Å². The lowest BCUT2D eigenvalue weighted by Crippen LogP contribution is -2.43. The summed E-state index contributed by atoms with van der Waals surface area (Å²) in [4.78, 5) is 33.0. The number of carbonyl (C=O) groups is 2. The van der Waals surface area contributed by atoms with E-state index >= 15 is 0 Å². The molecular formula is C19H21F4N5O2. The minimum absolute atomic E-state index is 0.123. The van der Waals surface area contributed by atoms with Gasteiger partial charge in [0.15, 0.2) is 0 Å². The van der Waals surface area contributed by atoms with Gasteiger partial charge in [-0.1, -0.05) is 12.1 Å². The minimum atomic E-state index is -4.25. The number of likely N-dealkylation sites (tertiary alicyclic amines) is 1. The fourth-order valence-electron chi connectivity index (χ4n) is 3.13. The highest BCUT2D eigenvalue weighted by atomic mass is 19.3. The van der Waals surface area contributed by atoms with E-state index in [1.165, 1.54) is 6.20 Å². The lowest BCUT2D eigenvalue weighted by Gasteiger charge is -2.19. The molecule has 0 radical (unpaired) electrons. The van der Waals surface area contributed by atoms with Crippen LogP contribution in [0.25, 0.3) is 11.0 Å². The molecule has 3 rings (SSSR count). The van der Waals surface area contributed by atoms with Crippen molar-refractivity contribution in [2.45, 2.75) is 37.1 Å². The number of unbranched alkanes of at least 4 members (excludes halogenated alkanes) is 1. The standard InChI is InChI=1S/C19H21F4N5O2/c20-18(21)10-28(11-19(18,22)23)17(30)12(24)5-3-4-8-25-16(29)15-9-26-13-6-1-2-7-14(13)27-15/h1-2,6-7,9,12H,3-5,8,10-11,24H2,(H,25,29)/t12-/m0/s1. The predicted molar refractivity (Wildman–Crippen MR) is 100 cm³/mol. The quantitative estimate of drug-likeness (QED) is 0.520. The van der Waals surface area contributed by atoms with Gasteiger partial charge in [0, 0.05) is 6.54 Å². The summed E-state index contributed by atoms with van der Waals surface area (Å²) < 4.78 is 52.9. The van der Waals surface area contributed by atoms with Crippen LogP contribution in [0.2, 0.25) is 0 Å². The summed E-state index contributed by atoms with van der Waals surface area (Å²) in [5.41, 5.74) is 7.10. The van der Waals surface area contributed by atoms with Crippen LogP contribution in [0, 0.1) is 0 Å². The molecule has 1 aromatic carbocycles. The molecule has 1 aliphatic heterocycles. The van der Waals surface area contributed by atoms with Crippen LogP contribution in [0.15, 0.2) is 30.5 Å². The van der Waals surface area contributed by atoms with Crippen LogP contribution in [0.4, 0.5) is 17.6 Å². The molecule has 0 aliphatic carbocycles. The van der Waals surface area contributed by atoms with Crippen LogP contribution in [0.5, 0.6) is 0 Å². The summed E-state index contributed by atoms with van der Waals surface area (Å²) in [5.74, 6) is -9.84. The zero-order valence-corrected chi connectivity index (χ0v) is 16.0. The third-order valence-corrected chi connectivity index (χ3v) is 4.85. The topological polar surface area (TPSA) is 101 Å². The largest absolute Gasteiger partial charge is 0.351 e. The molecule has 0 bridgehead atoms. The van der Waals surface area contributed by atoms with Crippen molar-refractivity contribution in [1.29, 1.82) is 0 Å². The third kappa shape index (κ3) is 4.66. The highest BCUT2D eigenvalue weighted by Gasteiger charge is 2.64. The van der Waals surface area contributed by atoms with Crippen LogP contribution in [0.1, 0.15) is 29.8 Å². The molecule has 162 valence electrons. The molecule has 0 spiro atoms. The normalized spacial score (nSPS) is 18.4. The molecule has 7 nitrogen and oxygen atoms in total. The Bertz CT molecular complexity index is 924. The number of nitrogens with zero attached hydrogens (tertiary/aromatic N) is 3. The van der Waals surface area contributed by atoms with Crippen LogP contribution >= 0.6 is 0 Å². The number of halogens is 4. The van der Waals surface area contributed by atoms with Crippen molar-refractivity contribution in [1.82, 2.24) is 20.2 Å². The van der Waals surface area contributed by atoms with Crippen molar-refractivity contribution >= 4 is 22.8 Å². The number of hydrogen-bond acceptors (Lipinski definition) is 5. The second kappa shape index (κ2) is 8.50. The molecule has 3 N–H and O–H groups in total. The number of nitrogens with two attached hydrogens (primary N) is 1. The summed E-state index contributed by atoms with van der Waals surface area (Å²) >= 11 is 0. The van der Waals surface area contributed by atoms with Gasteiger partial charge in [0.1, 0.15) is 5.69 Å². The van der Waals surface area contributed by atoms with Gasteiger partial charge in [-0.15, -0.1) is 0 Å². The molecule has 2 amide bonds. The Morgan fingerprint density at radius 1 is 1.10 bits per heavy atom. The number of benzene rings is 1. The maximum Gasteiger partial charge on any atom is 0.329 e. The van der Waals surface area contributed by atoms with Crippen LogP contribution < -0.4 is 11.1 Å². The molecule has 2 aromatic rings. The van der Waals surface area contributed by atoms with E-state index in [9.17, 15) is 27.2 Å². The number of fused-ring (bicyclic) bond motifs is 1. The van der Waals surface area contributed by atoms with E-state index in [-0.39, 0.29) is 18.7 Å². The van der Waals surface area contributed by atoms with E-state index in [2.05, 4.69) is 15.3 Å². The van der Waals surface area contributed by atoms with Gasteiger partial charge in [-0.3, -0.25) is 14.6 Å². The molecule has 0 unspecified atom stereocenters. The van der Waals surface area contributed by atoms with Crippen molar-refractivity contribution in [3.8, 4) is 0 Å². The van der Waals surface area contributed by atoms with E-state index in [0.717, 1.165) is 0 Å². The third-order valence-electron chi connectivity index (χ3n) is 4.85. The van der Waals surface area contributed by atoms with Crippen LogP contribution in [0.3, 0.4) is 0 Å². The number of rotatable bonds is 7. The van der Waals surface area contributed by atoms with E-state index in [4.69, 9.17) is 5.73 Å². The number of carbonyl (C=O) groups excluding carboxylic acids is 2. The summed E-state index contributed by atoms with van der Waals surface area (Å²) in [6.45, 7) is -2.40. The van der Waals surface area contributed by atoms with Gasteiger partial charge in [-0.05, 0) is 31.4 Å². The zero-order valence-electron chi connectivity index (χ0n) is 16.0. The van der Waals surface area contributed by atoms with Gasteiger partial charge < -0.3 is 16.0 Å². The molecule has 1 aliphatic rings. The highest BCUT2D eigenvalue weighted by Crippen LogP contribution is 2.41. The highest BCUT2D eigenvalue weighted by molar-refractivity contribution is 5.93. The maximum absolute atomic E-state index is 13.2. The first-order valence-corrected chi connectivity index (χ1v) is 9.41. The Kier molecular flexibility index (Phi) is 6.20. The Labute approximate surface area is 169 Å². The molecule has 30 heavy (non-hydrogen) atoms. The Morgan fingerprint density at radius 3 is 2.40 bits per heavy atom. The molecule has 1 atom stereocenters. The minimum Gasteiger partial charge on any atom is -0.351 e. The monoisotopic (exact) mass is 427 g/mol. The predicted octanol–water partition coefficient (Wildman–Crippen LogP) is 1.97. The molecule has 1 saturated heterocycles. The molecule has 2 heterocycles. The second-order valence-electron chi connectivity index (χ2n) is 7.21. The van der Waals surface area contributed by atoms with Gasteiger partial charge in [0.2, 0.25) is 5.91 Å². The molecule has 0 saturated carbocycles. The molecule has 1 aromatic heterocycles. The zero-order chi connectivity index (χ0) is 21.9. The van der Waals surface area contributed by atoms with Gasteiger partial charge in [0.05, 0.1) is 36.4 Å². The fourth-order valence-corrected chi connectivity index (χ4v) is 3.13. The summed E-state index contributed by atoms with van der Waals surface area (Å²) in [7, 11) is 0. The van der Waals surface area contributed by atoms with Crippen LogP contribution in [-0.2, 0) is 4.79 Å². The van der Waals surface area contributed by atoms with Crippen molar-refractivity contribution in [3.05, 3.63) is 36.2 Å². The second-order valence-corrected chi connectivity index (χ2v) is 7.21. The number of nitrogens with one attached hydrogen (secondary N) is 1. The Balaban J connectivity index is 1.40. The van der Waals surface area contributed by atoms with Gasteiger partial charge >= 0.3 is 11.8 Å². The number of hydrogen-bond donors (Lipinski definition) is 2. The van der Waals surface area contributed by atoms with Gasteiger partial charge in [-0.2, -0.15) is 17.6 Å². The van der Waals surface area contributed by atoms with E-state index in [1.54, 1.807) is 18.2 Å². The average Bonchev–Trinajstić information content (AvgIpc) is 2.93. The molecule has 1 fully saturated rings.